The van der Waals surface area contributed by atoms with Crippen LogP contribution < -0.4 is 0 Å². The molecular formula is C18H22N4O5S2. The molecule has 29 heavy (non-hydrogen) atoms. The zero-order valence-electron chi connectivity index (χ0n) is 16.1. The Labute approximate surface area is 173 Å². The summed E-state index contributed by atoms with van der Waals surface area (Å²) in [4.78, 5) is 38.8. The van der Waals surface area contributed by atoms with Crippen LogP contribution in [0.25, 0.3) is 10.8 Å². The standard InChI is InChI=1S/C18H22N4O5S2/c1-12(2)8-22(13-4-7-29(25,26)11-13)15(23)9-27-18(24)14-10-28-17(21-14)16-19-5-3-6-20-16/h3,5-6,10,12-13H,4,7-9,11H2,1-2H3. The van der Waals surface area contributed by atoms with E-state index < -0.39 is 28.3 Å². The van der Waals surface area contributed by atoms with E-state index in [0.29, 0.717) is 23.8 Å². The summed E-state index contributed by atoms with van der Waals surface area (Å²) in [5, 5.41) is 2.00. The molecule has 1 atom stereocenters. The zero-order valence-corrected chi connectivity index (χ0v) is 17.8. The third-order valence-corrected chi connectivity index (χ3v) is 6.92. The molecule has 0 radical (unpaired) electrons. The first-order chi connectivity index (χ1) is 13.7. The lowest BCUT2D eigenvalue weighted by molar-refractivity contribution is -0.137. The van der Waals surface area contributed by atoms with E-state index in [1.54, 1.807) is 18.5 Å². The van der Waals surface area contributed by atoms with Gasteiger partial charge in [-0.05, 0) is 18.4 Å². The maximum Gasteiger partial charge on any atom is 0.358 e. The molecule has 1 aliphatic heterocycles. The normalized spacial score (nSPS) is 18.0. The van der Waals surface area contributed by atoms with Gasteiger partial charge in [-0.1, -0.05) is 13.8 Å². The van der Waals surface area contributed by atoms with E-state index in [2.05, 4.69) is 15.0 Å². The topological polar surface area (TPSA) is 119 Å². The van der Waals surface area contributed by atoms with Crippen molar-refractivity contribution in [1.29, 1.82) is 0 Å². The van der Waals surface area contributed by atoms with Crippen LogP contribution in [0.5, 0.6) is 0 Å². The van der Waals surface area contributed by atoms with Gasteiger partial charge in [-0.2, -0.15) is 0 Å². The van der Waals surface area contributed by atoms with E-state index in [9.17, 15) is 18.0 Å². The first-order valence-electron chi connectivity index (χ1n) is 9.15. The van der Waals surface area contributed by atoms with Crippen molar-refractivity contribution < 1.29 is 22.7 Å². The second kappa shape index (κ2) is 8.95. The number of aromatic nitrogens is 3. The predicted molar refractivity (Wildman–Crippen MR) is 107 cm³/mol. The first kappa shape index (κ1) is 21.3. The van der Waals surface area contributed by atoms with Crippen molar-refractivity contribution in [3.05, 3.63) is 29.5 Å². The third-order valence-electron chi connectivity index (χ3n) is 4.33. The fraction of sp³-hybridized carbons (Fsp3) is 0.500. The Kier molecular flexibility index (Phi) is 6.58. The second-order valence-electron chi connectivity index (χ2n) is 7.18. The number of nitrogens with zero attached hydrogens (tertiary/aromatic N) is 4. The number of hydrogen-bond acceptors (Lipinski definition) is 9. The Bertz CT molecular complexity index is 975. The molecule has 0 bridgehead atoms. The van der Waals surface area contributed by atoms with Crippen molar-refractivity contribution in [2.24, 2.45) is 5.92 Å². The SMILES string of the molecule is CC(C)CN(C(=O)COC(=O)c1csc(-c2ncccn2)n1)C1CCS(=O)(=O)C1. The van der Waals surface area contributed by atoms with Crippen LogP contribution in [0, 0.1) is 5.92 Å². The maximum absolute atomic E-state index is 12.7. The van der Waals surface area contributed by atoms with Crippen LogP contribution in [-0.2, 0) is 19.4 Å². The molecule has 3 rings (SSSR count). The van der Waals surface area contributed by atoms with Crippen LogP contribution in [0.4, 0.5) is 0 Å². The molecule has 156 valence electrons. The van der Waals surface area contributed by atoms with Crippen LogP contribution in [0.2, 0.25) is 0 Å². The van der Waals surface area contributed by atoms with Crippen molar-refractivity contribution in [2.75, 3.05) is 24.7 Å². The lowest BCUT2D eigenvalue weighted by atomic mass is 10.1. The van der Waals surface area contributed by atoms with Gasteiger partial charge in [-0.3, -0.25) is 4.79 Å². The largest absolute Gasteiger partial charge is 0.451 e. The molecule has 11 heteroatoms. The van der Waals surface area contributed by atoms with Gasteiger partial charge in [-0.15, -0.1) is 11.3 Å². The highest BCUT2D eigenvalue weighted by Crippen LogP contribution is 2.21. The molecule has 0 aromatic carbocycles. The third kappa shape index (κ3) is 5.57. The van der Waals surface area contributed by atoms with Crippen LogP contribution >= 0.6 is 11.3 Å². The van der Waals surface area contributed by atoms with Crippen molar-refractivity contribution in [3.8, 4) is 10.8 Å². The van der Waals surface area contributed by atoms with Gasteiger partial charge in [0.1, 0.15) is 0 Å². The number of ether oxygens (including phenoxy) is 1. The van der Waals surface area contributed by atoms with Crippen LogP contribution in [0.1, 0.15) is 30.8 Å². The number of carbonyl (C=O) groups is 2. The molecule has 9 nitrogen and oxygen atoms in total. The minimum atomic E-state index is -3.13. The number of amides is 1. The summed E-state index contributed by atoms with van der Waals surface area (Å²) < 4.78 is 28.7. The van der Waals surface area contributed by atoms with Crippen LogP contribution in [0.15, 0.2) is 23.8 Å². The minimum Gasteiger partial charge on any atom is -0.451 e. The summed E-state index contributed by atoms with van der Waals surface area (Å²) in [5.74, 6) is -0.548. The average molecular weight is 439 g/mol. The van der Waals surface area contributed by atoms with Gasteiger partial charge in [0.15, 0.2) is 33.0 Å². The lowest BCUT2D eigenvalue weighted by Crippen LogP contribution is -2.45. The Morgan fingerprint density at radius 1 is 1.31 bits per heavy atom. The lowest BCUT2D eigenvalue weighted by Gasteiger charge is -2.29. The minimum absolute atomic E-state index is 0.0497. The number of rotatable bonds is 7. The Hall–Kier alpha value is -2.40. The van der Waals surface area contributed by atoms with E-state index in [1.165, 1.54) is 21.6 Å². The fourth-order valence-electron chi connectivity index (χ4n) is 3.03. The molecule has 3 heterocycles. The molecule has 1 unspecified atom stereocenters. The van der Waals surface area contributed by atoms with E-state index in [1.807, 2.05) is 13.8 Å². The van der Waals surface area contributed by atoms with E-state index in [4.69, 9.17) is 4.74 Å². The smallest absolute Gasteiger partial charge is 0.358 e. The summed E-state index contributed by atoms with van der Waals surface area (Å²) >= 11 is 1.20. The second-order valence-corrected chi connectivity index (χ2v) is 10.3. The highest BCUT2D eigenvalue weighted by molar-refractivity contribution is 7.91. The monoisotopic (exact) mass is 438 g/mol. The highest BCUT2D eigenvalue weighted by atomic mass is 32.2. The quantitative estimate of drug-likeness (QED) is 0.596. The molecule has 1 aliphatic rings. The Morgan fingerprint density at radius 2 is 2.03 bits per heavy atom. The molecule has 0 N–H and O–H groups in total. The van der Waals surface area contributed by atoms with Crippen molar-refractivity contribution >= 4 is 33.1 Å². The summed E-state index contributed by atoms with van der Waals surface area (Å²) in [7, 11) is -3.13. The fourth-order valence-corrected chi connectivity index (χ4v) is 5.50. The highest BCUT2D eigenvalue weighted by Gasteiger charge is 2.35. The van der Waals surface area contributed by atoms with Gasteiger partial charge in [0.2, 0.25) is 0 Å². The summed E-state index contributed by atoms with van der Waals surface area (Å²) in [6.07, 6.45) is 3.56. The molecule has 2 aromatic rings. The zero-order chi connectivity index (χ0) is 21.0. The van der Waals surface area contributed by atoms with Crippen molar-refractivity contribution in [1.82, 2.24) is 19.9 Å². The first-order valence-corrected chi connectivity index (χ1v) is 11.8. The predicted octanol–water partition coefficient (Wildman–Crippen LogP) is 1.43. The van der Waals surface area contributed by atoms with E-state index >= 15 is 0 Å². The van der Waals surface area contributed by atoms with Gasteiger partial charge in [0.05, 0.1) is 11.5 Å². The molecule has 1 amide bonds. The summed E-state index contributed by atoms with van der Waals surface area (Å²) in [6.45, 7) is 3.83. The number of sulfone groups is 1. The van der Waals surface area contributed by atoms with Crippen LogP contribution in [0.3, 0.4) is 0 Å². The summed E-state index contributed by atoms with van der Waals surface area (Å²) in [6, 6.07) is 1.30. The van der Waals surface area contributed by atoms with Gasteiger partial charge >= 0.3 is 5.97 Å². The Morgan fingerprint density at radius 3 is 2.66 bits per heavy atom. The molecular weight excluding hydrogens is 416 g/mol. The van der Waals surface area contributed by atoms with E-state index in [0.717, 1.165) is 0 Å². The molecule has 0 saturated carbocycles. The number of thiazole rings is 1. The molecule has 2 aromatic heterocycles. The van der Waals surface area contributed by atoms with Crippen LogP contribution in [-0.4, -0.2) is 70.8 Å². The molecule has 1 saturated heterocycles. The molecule has 0 aliphatic carbocycles. The van der Waals surface area contributed by atoms with Gasteiger partial charge in [-0.25, -0.2) is 28.2 Å². The molecule has 0 spiro atoms. The number of carbonyl (C=O) groups excluding carboxylic acids is 2. The summed E-state index contributed by atoms with van der Waals surface area (Å²) in [5.41, 5.74) is 0.0732. The van der Waals surface area contributed by atoms with E-state index in [-0.39, 0.29) is 29.2 Å². The average Bonchev–Trinajstić information content (AvgIpc) is 3.31. The molecule has 1 fully saturated rings. The van der Waals surface area contributed by atoms with Crippen molar-refractivity contribution in [2.45, 2.75) is 26.3 Å². The number of hydrogen-bond donors (Lipinski definition) is 0. The number of esters is 1. The van der Waals surface area contributed by atoms with Gasteiger partial charge < -0.3 is 9.64 Å². The Balaban J connectivity index is 1.62. The van der Waals surface area contributed by atoms with Gasteiger partial charge in [0, 0.05) is 30.4 Å². The maximum atomic E-state index is 12.7. The van der Waals surface area contributed by atoms with Gasteiger partial charge in [0.25, 0.3) is 5.91 Å². The van der Waals surface area contributed by atoms with Crippen molar-refractivity contribution in [3.63, 3.8) is 0 Å².